The fourth-order valence-electron chi connectivity index (χ4n) is 1.52. The molecule has 0 unspecified atom stereocenters. The maximum Gasteiger partial charge on any atom is 0.416 e. The molecule has 104 valence electrons. The highest BCUT2D eigenvalue weighted by atomic mass is 79.9. The standard InChI is InChI=1S/C14H8BrF3O2/c15-13-6-5-12(7-9(13)8-19)20-11-3-1-10(2-4-11)14(16,17)18/h1-8H. The molecule has 0 aromatic heterocycles. The highest BCUT2D eigenvalue weighted by molar-refractivity contribution is 9.10. The number of carbonyl (C=O) groups is 1. The number of carbonyl (C=O) groups excluding carboxylic acids is 1. The molecule has 0 heterocycles. The van der Waals surface area contributed by atoms with Crippen LogP contribution in [-0.2, 0) is 6.18 Å². The van der Waals surface area contributed by atoms with Crippen LogP contribution in [0.5, 0.6) is 11.5 Å². The molecule has 0 radical (unpaired) electrons. The molecule has 0 atom stereocenters. The summed E-state index contributed by atoms with van der Waals surface area (Å²) in [5, 5.41) is 0. The Labute approximate surface area is 121 Å². The van der Waals surface area contributed by atoms with Crippen molar-refractivity contribution in [1.82, 2.24) is 0 Å². The van der Waals surface area contributed by atoms with E-state index in [0.717, 1.165) is 12.1 Å². The predicted octanol–water partition coefficient (Wildman–Crippen LogP) is 5.07. The first kappa shape index (κ1) is 14.6. The van der Waals surface area contributed by atoms with E-state index in [-0.39, 0.29) is 5.75 Å². The van der Waals surface area contributed by atoms with Crippen molar-refractivity contribution in [2.45, 2.75) is 6.18 Å². The number of hydrogen-bond acceptors (Lipinski definition) is 2. The van der Waals surface area contributed by atoms with Crippen LogP contribution in [-0.4, -0.2) is 6.29 Å². The fraction of sp³-hybridized carbons (Fsp3) is 0.0714. The zero-order valence-electron chi connectivity index (χ0n) is 9.95. The summed E-state index contributed by atoms with van der Waals surface area (Å²) in [6.07, 6.45) is -3.72. The van der Waals surface area contributed by atoms with E-state index >= 15 is 0 Å². The second-order valence-corrected chi connectivity index (χ2v) is 4.78. The molecular weight excluding hydrogens is 337 g/mol. The van der Waals surface area contributed by atoms with E-state index in [4.69, 9.17) is 4.74 Å². The number of rotatable bonds is 3. The van der Waals surface area contributed by atoms with Gasteiger partial charge in [0.1, 0.15) is 11.5 Å². The topological polar surface area (TPSA) is 26.3 Å². The van der Waals surface area contributed by atoms with Gasteiger partial charge in [0.15, 0.2) is 6.29 Å². The molecule has 2 aromatic carbocycles. The highest BCUT2D eigenvalue weighted by Crippen LogP contribution is 2.32. The van der Waals surface area contributed by atoms with Crippen LogP contribution in [0.2, 0.25) is 0 Å². The third-order valence-electron chi connectivity index (χ3n) is 2.51. The van der Waals surface area contributed by atoms with Crippen molar-refractivity contribution in [3.8, 4) is 11.5 Å². The van der Waals surface area contributed by atoms with Gasteiger partial charge in [-0.25, -0.2) is 0 Å². The molecule has 0 spiro atoms. The maximum absolute atomic E-state index is 12.4. The molecule has 0 N–H and O–H groups in total. The summed E-state index contributed by atoms with van der Waals surface area (Å²) >= 11 is 3.20. The Morgan fingerprint density at radius 1 is 1.00 bits per heavy atom. The van der Waals surface area contributed by atoms with Gasteiger partial charge in [-0.2, -0.15) is 13.2 Å². The van der Waals surface area contributed by atoms with Gasteiger partial charge < -0.3 is 4.74 Å². The summed E-state index contributed by atoms with van der Waals surface area (Å²) in [4.78, 5) is 10.8. The number of halogens is 4. The van der Waals surface area contributed by atoms with Crippen molar-refractivity contribution in [3.63, 3.8) is 0 Å². The lowest BCUT2D eigenvalue weighted by Gasteiger charge is -2.09. The van der Waals surface area contributed by atoms with E-state index in [0.29, 0.717) is 22.1 Å². The van der Waals surface area contributed by atoms with E-state index in [2.05, 4.69) is 15.9 Å². The number of alkyl halides is 3. The zero-order chi connectivity index (χ0) is 14.8. The Bertz CT molecular complexity index is 621. The third kappa shape index (κ3) is 3.39. The first-order valence-corrected chi connectivity index (χ1v) is 6.29. The largest absolute Gasteiger partial charge is 0.457 e. The summed E-state index contributed by atoms with van der Waals surface area (Å²) < 4.78 is 43.2. The van der Waals surface area contributed by atoms with Crippen molar-refractivity contribution in [1.29, 1.82) is 0 Å². The summed E-state index contributed by atoms with van der Waals surface area (Å²) in [6.45, 7) is 0. The van der Waals surface area contributed by atoms with E-state index in [1.165, 1.54) is 18.2 Å². The molecule has 0 aliphatic carbocycles. The van der Waals surface area contributed by atoms with Crippen LogP contribution >= 0.6 is 15.9 Å². The normalized spacial score (nSPS) is 11.2. The molecule has 0 aliphatic rings. The number of hydrogen-bond donors (Lipinski definition) is 0. The monoisotopic (exact) mass is 344 g/mol. The molecule has 2 rings (SSSR count). The van der Waals surface area contributed by atoms with Gasteiger partial charge in [0.05, 0.1) is 5.56 Å². The SMILES string of the molecule is O=Cc1cc(Oc2ccc(C(F)(F)F)cc2)ccc1Br. The molecular formula is C14H8BrF3O2. The van der Waals surface area contributed by atoms with Crippen molar-refractivity contribution in [3.05, 3.63) is 58.1 Å². The van der Waals surface area contributed by atoms with Gasteiger partial charge in [-0.05, 0) is 42.5 Å². The lowest BCUT2D eigenvalue weighted by molar-refractivity contribution is -0.137. The molecule has 20 heavy (non-hydrogen) atoms. The van der Waals surface area contributed by atoms with Gasteiger partial charge in [0, 0.05) is 10.0 Å². The number of ether oxygens (including phenoxy) is 1. The Morgan fingerprint density at radius 2 is 1.60 bits per heavy atom. The molecule has 2 aromatic rings. The summed E-state index contributed by atoms with van der Waals surface area (Å²) in [5.74, 6) is 0.632. The molecule has 0 saturated heterocycles. The Hall–Kier alpha value is -1.82. The van der Waals surface area contributed by atoms with Crippen molar-refractivity contribution in [2.75, 3.05) is 0 Å². The molecule has 6 heteroatoms. The second kappa shape index (κ2) is 5.66. The molecule has 0 amide bonds. The molecule has 0 saturated carbocycles. The van der Waals surface area contributed by atoms with Gasteiger partial charge in [-0.1, -0.05) is 15.9 Å². The van der Waals surface area contributed by atoms with E-state index in [1.54, 1.807) is 12.1 Å². The zero-order valence-corrected chi connectivity index (χ0v) is 11.5. The van der Waals surface area contributed by atoms with E-state index in [9.17, 15) is 18.0 Å². The second-order valence-electron chi connectivity index (χ2n) is 3.93. The molecule has 0 aliphatic heterocycles. The van der Waals surface area contributed by atoms with E-state index in [1.807, 2.05) is 0 Å². The van der Waals surface area contributed by atoms with Crippen LogP contribution in [0.15, 0.2) is 46.9 Å². The third-order valence-corrected chi connectivity index (χ3v) is 3.23. The molecule has 0 bridgehead atoms. The number of aldehydes is 1. The Morgan fingerprint density at radius 3 is 2.15 bits per heavy atom. The van der Waals surface area contributed by atoms with Crippen LogP contribution < -0.4 is 4.74 Å². The maximum atomic E-state index is 12.4. The lowest BCUT2D eigenvalue weighted by Crippen LogP contribution is -2.03. The lowest BCUT2D eigenvalue weighted by atomic mass is 10.2. The average molecular weight is 345 g/mol. The van der Waals surface area contributed by atoms with E-state index < -0.39 is 11.7 Å². The van der Waals surface area contributed by atoms with Gasteiger partial charge >= 0.3 is 6.18 Å². The smallest absolute Gasteiger partial charge is 0.416 e. The Kier molecular flexibility index (Phi) is 4.13. The average Bonchev–Trinajstić information content (AvgIpc) is 2.40. The first-order valence-electron chi connectivity index (χ1n) is 5.50. The summed E-state index contributed by atoms with van der Waals surface area (Å²) in [7, 11) is 0. The van der Waals surface area contributed by atoms with Crippen LogP contribution in [0.4, 0.5) is 13.2 Å². The van der Waals surface area contributed by atoms with Crippen molar-refractivity contribution in [2.24, 2.45) is 0 Å². The van der Waals surface area contributed by atoms with Crippen molar-refractivity contribution >= 4 is 22.2 Å². The van der Waals surface area contributed by atoms with Gasteiger partial charge in [-0.3, -0.25) is 4.79 Å². The summed E-state index contributed by atoms with van der Waals surface area (Å²) in [5.41, 5.74) is -0.344. The Balaban J connectivity index is 2.20. The minimum Gasteiger partial charge on any atom is -0.457 e. The van der Waals surface area contributed by atoms with Crippen LogP contribution in [0.1, 0.15) is 15.9 Å². The van der Waals surface area contributed by atoms with Crippen LogP contribution in [0, 0.1) is 0 Å². The summed E-state index contributed by atoms with van der Waals surface area (Å²) in [6, 6.07) is 9.06. The quantitative estimate of drug-likeness (QED) is 0.726. The van der Waals surface area contributed by atoms with Crippen molar-refractivity contribution < 1.29 is 22.7 Å². The minimum absolute atomic E-state index is 0.261. The van der Waals surface area contributed by atoms with Crippen LogP contribution in [0.3, 0.4) is 0 Å². The van der Waals surface area contributed by atoms with Gasteiger partial charge in [0.25, 0.3) is 0 Å². The van der Waals surface area contributed by atoms with Crippen LogP contribution in [0.25, 0.3) is 0 Å². The highest BCUT2D eigenvalue weighted by Gasteiger charge is 2.30. The number of benzene rings is 2. The molecule has 0 fully saturated rings. The molecule has 2 nitrogen and oxygen atoms in total. The van der Waals surface area contributed by atoms with Gasteiger partial charge in [-0.15, -0.1) is 0 Å². The fourth-order valence-corrected chi connectivity index (χ4v) is 1.86. The minimum atomic E-state index is -4.37. The van der Waals surface area contributed by atoms with Gasteiger partial charge in [0.2, 0.25) is 0 Å². The first-order chi connectivity index (χ1) is 9.40. The predicted molar refractivity (Wildman–Crippen MR) is 71.0 cm³/mol.